The lowest BCUT2D eigenvalue weighted by atomic mass is 10.1. The van der Waals surface area contributed by atoms with E-state index < -0.39 is 6.10 Å². The van der Waals surface area contributed by atoms with Crippen LogP contribution in [0.4, 0.5) is 0 Å². The molecule has 0 aliphatic rings. The van der Waals surface area contributed by atoms with Gasteiger partial charge < -0.3 is 14.2 Å². The average molecular weight is 1110 g/mol. The number of rotatable bonds is 61. The summed E-state index contributed by atoms with van der Waals surface area (Å²) in [5.74, 6) is -0.895. The van der Waals surface area contributed by atoms with E-state index in [0.717, 1.165) is 116 Å². The monoisotopic (exact) mass is 1110 g/mol. The van der Waals surface area contributed by atoms with Gasteiger partial charge in [-0.05, 0) is 128 Å². The number of allylic oxidation sites excluding steroid dienone is 18. The van der Waals surface area contributed by atoms with E-state index >= 15 is 0 Å². The quantitative estimate of drug-likeness (QED) is 0.0261. The van der Waals surface area contributed by atoms with Crippen molar-refractivity contribution in [2.75, 3.05) is 13.2 Å². The third-order valence-electron chi connectivity index (χ3n) is 14.5. The molecule has 0 saturated heterocycles. The van der Waals surface area contributed by atoms with Crippen molar-refractivity contribution in [3.05, 3.63) is 109 Å². The van der Waals surface area contributed by atoms with E-state index in [1.165, 1.54) is 167 Å². The van der Waals surface area contributed by atoms with Crippen LogP contribution in [0.25, 0.3) is 0 Å². The highest BCUT2D eigenvalue weighted by molar-refractivity contribution is 5.71. The van der Waals surface area contributed by atoms with Crippen molar-refractivity contribution >= 4 is 17.9 Å². The van der Waals surface area contributed by atoms with Crippen molar-refractivity contribution in [3.63, 3.8) is 0 Å². The van der Waals surface area contributed by atoms with E-state index in [2.05, 4.69) is 130 Å². The van der Waals surface area contributed by atoms with E-state index in [-0.39, 0.29) is 31.1 Å². The van der Waals surface area contributed by atoms with Gasteiger partial charge in [-0.15, -0.1) is 0 Å². The summed E-state index contributed by atoms with van der Waals surface area (Å²) in [5, 5.41) is 0. The van der Waals surface area contributed by atoms with Gasteiger partial charge in [0.25, 0.3) is 0 Å². The van der Waals surface area contributed by atoms with Crippen LogP contribution in [0, 0.1) is 0 Å². The van der Waals surface area contributed by atoms with Crippen molar-refractivity contribution in [1.82, 2.24) is 0 Å². The molecule has 0 aromatic carbocycles. The van der Waals surface area contributed by atoms with Crippen LogP contribution in [0.3, 0.4) is 0 Å². The number of hydrogen-bond donors (Lipinski definition) is 0. The Morgan fingerprint density at radius 3 is 0.800 bits per heavy atom. The van der Waals surface area contributed by atoms with Crippen LogP contribution >= 0.6 is 0 Å². The van der Waals surface area contributed by atoms with Gasteiger partial charge in [0.2, 0.25) is 0 Å². The summed E-state index contributed by atoms with van der Waals surface area (Å²) < 4.78 is 17.0. The Balaban J connectivity index is 4.38. The number of hydrogen-bond acceptors (Lipinski definition) is 6. The summed E-state index contributed by atoms with van der Waals surface area (Å²) in [4.78, 5) is 38.4. The number of ether oxygens (including phenoxy) is 3. The molecule has 0 aromatic heterocycles. The molecule has 0 amide bonds. The maximum absolute atomic E-state index is 12.9. The second-order valence-electron chi connectivity index (χ2n) is 22.3. The summed E-state index contributed by atoms with van der Waals surface area (Å²) >= 11 is 0. The molecule has 458 valence electrons. The molecule has 0 heterocycles. The second kappa shape index (κ2) is 67.6. The molecule has 1 unspecified atom stereocenters. The van der Waals surface area contributed by atoms with Gasteiger partial charge in [0.15, 0.2) is 6.10 Å². The zero-order valence-electron chi connectivity index (χ0n) is 52.6. The van der Waals surface area contributed by atoms with E-state index in [4.69, 9.17) is 14.2 Å². The first-order chi connectivity index (χ1) is 39.5. The van der Waals surface area contributed by atoms with Crippen LogP contribution in [-0.4, -0.2) is 37.2 Å². The van der Waals surface area contributed by atoms with Crippen LogP contribution in [-0.2, 0) is 28.6 Å². The Morgan fingerprint density at radius 1 is 0.263 bits per heavy atom. The molecule has 80 heavy (non-hydrogen) atoms. The summed E-state index contributed by atoms with van der Waals surface area (Å²) in [7, 11) is 0. The predicted molar refractivity (Wildman–Crippen MR) is 348 cm³/mol. The molecule has 1 atom stereocenters. The molecule has 0 rings (SSSR count). The highest BCUT2D eigenvalue weighted by atomic mass is 16.6. The number of unbranched alkanes of at least 4 members (excludes halogenated alkanes) is 32. The summed E-state index contributed by atoms with van der Waals surface area (Å²) in [5.41, 5.74) is 0. The Bertz CT molecular complexity index is 1610. The second-order valence-corrected chi connectivity index (χ2v) is 22.3. The van der Waals surface area contributed by atoms with E-state index in [9.17, 15) is 14.4 Å². The minimum absolute atomic E-state index is 0.0861. The summed E-state index contributed by atoms with van der Waals surface area (Å²) in [6, 6.07) is 0. The lowest BCUT2D eigenvalue weighted by Gasteiger charge is -2.18. The van der Waals surface area contributed by atoms with Crippen molar-refractivity contribution in [2.24, 2.45) is 0 Å². The molecule has 0 N–H and O–H groups in total. The van der Waals surface area contributed by atoms with Crippen LogP contribution in [0.15, 0.2) is 109 Å². The predicted octanol–water partition coefficient (Wildman–Crippen LogP) is 23.4. The molecule has 0 radical (unpaired) electrons. The molecule has 0 bridgehead atoms. The fraction of sp³-hybridized carbons (Fsp3) is 0.716. The van der Waals surface area contributed by atoms with Crippen molar-refractivity contribution in [3.8, 4) is 0 Å². The first-order valence-corrected chi connectivity index (χ1v) is 33.9. The van der Waals surface area contributed by atoms with Crippen LogP contribution in [0.1, 0.15) is 323 Å². The maximum Gasteiger partial charge on any atom is 0.306 e. The fourth-order valence-electron chi connectivity index (χ4n) is 9.41. The average Bonchev–Trinajstić information content (AvgIpc) is 3.46. The zero-order valence-corrected chi connectivity index (χ0v) is 52.6. The molecular weight excluding hydrogens is 985 g/mol. The first kappa shape index (κ1) is 76.1. The molecule has 0 aliphatic carbocycles. The van der Waals surface area contributed by atoms with Gasteiger partial charge in [-0.2, -0.15) is 0 Å². The van der Waals surface area contributed by atoms with E-state index in [0.29, 0.717) is 19.3 Å². The smallest absolute Gasteiger partial charge is 0.306 e. The first-order valence-electron chi connectivity index (χ1n) is 33.9. The molecule has 0 aliphatic heterocycles. The van der Waals surface area contributed by atoms with Gasteiger partial charge in [-0.1, -0.05) is 284 Å². The van der Waals surface area contributed by atoms with Gasteiger partial charge in [-0.25, -0.2) is 0 Å². The van der Waals surface area contributed by atoms with Crippen LogP contribution in [0.2, 0.25) is 0 Å². The lowest BCUT2D eigenvalue weighted by molar-refractivity contribution is -0.167. The molecular formula is C74H126O6. The third kappa shape index (κ3) is 64.9. The topological polar surface area (TPSA) is 78.9 Å². The minimum Gasteiger partial charge on any atom is -0.462 e. The number of carbonyl (C=O) groups is 3. The molecule has 0 spiro atoms. The molecule has 6 heteroatoms. The molecule has 0 aromatic rings. The van der Waals surface area contributed by atoms with Crippen LogP contribution < -0.4 is 0 Å². The number of carbonyl (C=O) groups excluding carboxylic acids is 3. The van der Waals surface area contributed by atoms with Gasteiger partial charge in [-0.3, -0.25) is 14.4 Å². The van der Waals surface area contributed by atoms with Gasteiger partial charge in [0.05, 0.1) is 0 Å². The van der Waals surface area contributed by atoms with Gasteiger partial charge in [0.1, 0.15) is 13.2 Å². The largest absolute Gasteiger partial charge is 0.462 e. The Morgan fingerprint density at radius 2 is 0.487 bits per heavy atom. The minimum atomic E-state index is -0.790. The van der Waals surface area contributed by atoms with Crippen LogP contribution in [0.5, 0.6) is 0 Å². The van der Waals surface area contributed by atoms with Gasteiger partial charge in [0, 0.05) is 19.3 Å². The summed E-state index contributed by atoms with van der Waals surface area (Å²) in [6.45, 7) is 6.51. The third-order valence-corrected chi connectivity index (χ3v) is 14.5. The van der Waals surface area contributed by atoms with E-state index in [1.54, 1.807) is 0 Å². The van der Waals surface area contributed by atoms with Crippen molar-refractivity contribution in [2.45, 2.75) is 329 Å². The zero-order chi connectivity index (χ0) is 57.8. The maximum atomic E-state index is 12.9. The highest BCUT2D eigenvalue weighted by Gasteiger charge is 2.19. The van der Waals surface area contributed by atoms with Gasteiger partial charge >= 0.3 is 17.9 Å². The Hall–Kier alpha value is -3.93. The standard InChI is InChI=1S/C74H126O6/c1-4-7-10-13-16-19-22-25-28-31-33-34-35-36-37-38-39-40-42-43-46-49-52-55-58-61-64-67-73(76)79-70-71(69-78-72(75)66-63-60-57-54-51-48-45-30-27-24-21-18-15-12-9-6-3)80-74(77)68-65-62-59-56-53-50-47-44-41-32-29-26-23-20-17-14-11-8-5-2/h7,10,16-17,19-20,25-26,28-30,33-34,36-37,39-40,45,71H,4-6,8-9,11-15,18,21-24,27,31-32,35,38,41-44,46-70H2,1-3H3/b10-7-,19-16-,20-17-,28-25-,29-26-,34-33-,37-36-,40-39-,45-30-. The highest BCUT2D eigenvalue weighted by Crippen LogP contribution is 2.16. The normalized spacial score (nSPS) is 12.8. The fourth-order valence-corrected chi connectivity index (χ4v) is 9.41. The SMILES string of the molecule is CC/C=C\C/C=C\C/C=C\C/C=C\C/C=C\C/C=C\CCCCCCCCCCC(=O)OCC(COC(=O)CCCCCCC/C=C\CCCCCCCCC)OC(=O)CCCCCCCCCCC/C=C\C/C=C\CCCCC. The van der Waals surface area contributed by atoms with Crippen molar-refractivity contribution in [1.29, 1.82) is 0 Å². The lowest BCUT2D eigenvalue weighted by Crippen LogP contribution is -2.30. The Labute approximate surface area is 495 Å². The van der Waals surface area contributed by atoms with E-state index in [1.807, 2.05) is 0 Å². The molecule has 0 saturated carbocycles. The molecule has 0 fully saturated rings. The summed E-state index contributed by atoms with van der Waals surface area (Å²) in [6.07, 6.45) is 92.3. The van der Waals surface area contributed by atoms with Crippen molar-refractivity contribution < 1.29 is 28.6 Å². The number of esters is 3. The molecule has 6 nitrogen and oxygen atoms in total. The Kier molecular flexibility index (Phi) is 64.3.